The zero-order chi connectivity index (χ0) is 14.0. The van der Waals surface area contributed by atoms with Crippen LogP contribution in [-0.4, -0.2) is 64.8 Å². The fourth-order valence-electron chi connectivity index (χ4n) is 2.73. The van der Waals surface area contributed by atoms with E-state index in [-0.39, 0.29) is 30.8 Å². The quantitative estimate of drug-likeness (QED) is 0.832. The molecule has 2 saturated heterocycles. The second kappa shape index (κ2) is 5.77. The minimum Gasteiger partial charge on any atom is -0.480 e. The van der Waals surface area contributed by atoms with Crippen LogP contribution in [0.3, 0.4) is 0 Å². The highest BCUT2D eigenvalue weighted by molar-refractivity contribution is 5.80. The van der Waals surface area contributed by atoms with Crippen LogP contribution in [0.1, 0.15) is 33.1 Å². The Balaban J connectivity index is 2.03. The van der Waals surface area contributed by atoms with Crippen LogP contribution in [0.5, 0.6) is 0 Å². The average molecular weight is 270 g/mol. The lowest BCUT2D eigenvalue weighted by atomic mass is 10.2. The second-order valence-corrected chi connectivity index (χ2v) is 5.42. The summed E-state index contributed by atoms with van der Waals surface area (Å²) in [5, 5.41) is 8.95. The van der Waals surface area contributed by atoms with Crippen molar-refractivity contribution in [2.24, 2.45) is 0 Å². The lowest BCUT2D eigenvalue weighted by Gasteiger charge is -2.37. The topological polar surface area (TPSA) is 70.1 Å². The highest BCUT2D eigenvalue weighted by Gasteiger charge is 2.38. The minimum absolute atomic E-state index is 0.0657. The molecule has 2 fully saturated rings. The molecule has 0 spiro atoms. The standard InChI is InChI=1S/C13H22N2O4/c1-3-9(2)15(8-12(16)17)13(18)14-6-10-4-5-11(7-14)19-10/h9-11H,3-8H2,1-2H3,(H,16,17). The Morgan fingerprint density at radius 1 is 1.37 bits per heavy atom. The van der Waals surface area contributed by atoms with E-state index in [1.807, 2.05) is 13.8 Å². The third kappa shape index (κ3) is 3.18. The maximum absolute atomic E-state index is 12.5. The molecule has 2 bridgehead atoms. The number of carboxylic acids is 1. The zero-order valence-corrected chi connectivity index (χ0v) is 11.5. The van der Waals surface area contributed by atoms with Crippen molar-refractivity contribution >= 4 is 12.0 Å². The Bertz CT molecular complexity index is 349. The number of carboxylic acid groups (broad SMARTS) is 1. The number of amides is 2. The molecule has 0 saturated carbocycles. The fraction of sp³-hybridized carbons (Fsp3) is 0.846. The summed E-state index contributed by atoms with van der Waals surface area (Å²) in [6, 6.07) is -0.235. The Hall–Kier alpha value is -1.30. The van der Waals surface area contributed by atoms with Crippen LogP contribution in [0.15, 0.2) is 0 Å². The van der Waals surface area contributed by atoms with Crippen molar-refractivity contribution in [2.75, 3.05) is 19.6 Å². The number of hydrogen-bond acceptors (Lipinski definition) is 3. The van der Waals surface area contributed by atoms with Crippen LogP contribution in [0.4, 0.5) is 4.79 Å². The molecule has 0 aliphatic carbocycles. The number of aliphatic carboxylic acids is 1. The first-order valence-electron chi connectivity index (χ1n) is 6.94. The van der Waals surface area contributed by atoms with Gasteiger partial charge in [0.1, 0.15) is 6.54 Å². The van der Waals surface area contributed by atoms with E-state index in [1.54, 1.807) is 4.90 Å². The number of fused-ring (bicyclic) bond motifs is 2. The van der Waals surface area contributed by atoms with Crippen LogP contribution in [-0.2, 0) is 9.53 Å². The Labute approximate surface area is 113 Å². The van der Waals surface area contributed by atoms with E-state index in [2.05, 4.69) is 0 Å². The van der Waals surface area contributed by atoms with Crippen LogP contribution < -0.4 is 0 Å². The molecule has 0 aromatic carbocycles. The van der Waals surface area contributed by atoms with Gasteiger partial charge in [-0.15, -0.1) is 0 Å². The van der Waals surface area contributed by atoms with Crippen LogP contribution in [0.25, 0.3) is 0 Å². The van der Waals surface area contributed by atoms with Crippen LogP contribution >= 0.6 is 0 Å². The molecular weight excluding hydrogens is 248 g/mol. The van der Waals surface area contributed by atoms with E-state index in [0.717, 1.165) is 19.3 Å². The molecular formula is C13H22N2O4. The summed E-state index contributed by atoms with van der Waals surface area (Å²) in [6.07, 6.45) is 3.00. The normalized spacial score (nSPS) is 27.2. The number of hydrogen-bond donors (Lipinski definition) is 1. The first-order chi connectivity index (χ1) is 9.01. The van der Waals surface area contributed by atoms with E-state index in [9.17, 15) is 9.59 Å². The molecule has 1 N–H and O–H groups in total. The molecule has 3 atom stereocenters. The van der Waals surface area contributed by atoms with Gasteiger partial charge in [-0.1, -0.05) is 6.92 Å². The van der Waals surface area contributed by atoms with E-state index in [0.29, 0.717) is 13.1 Å². The van der Waals surface area contributed by atoms with Gasteiger partial charge in [0.15, 0.2) is 0 Å². The summed E-state index contributed by atoms with van der Waals surface area (Å²) in [4.78, 5) is 26.6. The highest BCUT2D eigenvalue weighted by atomic mass is 16.5. The van der Waals surface area contributed by atoms with E-state index in [4.69, 9.17) is 9.84 Å². The van der Waals surface area contributed by atoms with E-state index in [1.165, 1.54) is 4.90 Å². The van der Waals surface area contributed by atoms with Crippen molar-refractivity contribution in [3.8, 4) is 0 Å². The highest BCUT2D eigenvalue weighted by Crippen LogP contribution is 2.27. The number of carbonyl (C=O) groups is 2. The van der Waals surface area contributed by atoms with Crippen molar-refractivity contribution in [2.45, 2.75) is 51.4 Å². The number of urea groups is 1. The third-order valence-electron chi connectivity index (χ3n) is 3.99. The maximum atomic E-state index is 12.5. The number of rotatable bonds is 4. The van der Waals surface area contributed by atoms with Crippen molar-refractivity contribution in [3.63, 3.8) is 0 Å². The maximum Gasteiger partial charge on any atom is 0.323 e. The lowest BCUT2D eigenvalue weighted by molar-refractivity contribution is -0.138. The minimum atomic E-state index is -0.968. The molecule has 0 aromatic rings. The number of ether oxygens (including phenoxy) is 1. The van der Waals surface area contributed by atoms with Gasteiger partial charge in [0.2, 0.25) is 0 Å². The average Bonchev–Trinajstić information content (AvgIpc) is 2.72. The summed E-state index contributed by atoms with van der Waals surface area (Å²) < 4.78 is 5.70. The molecule has 3 unspecified atom stereocenters. The van der Waals surface area contributed by atoms with Crippen molar-refractivity contribution in [3.05, 3.63) is 0 Å². The predicted octanol–water partition coefficient (Wildman–Crippen LogP) is 1.15. The van der Waals surface area contributed by atoms with E-state index >= 15 is 0 Å². The van der Waals surface area contributed by atoms with Gasteiger partial charge >= 0.3 is 12.0 Å². The molecule has 6 nitrogen and oxygen atoms in total. The Kier molecular flexibility index (Phi) is 4.29. The summed E-state index contributed by atoms with van der Waals surface area (Å²) in [7, 11) is 0. The summed E-state index contributed by atoms with van der Waals surface area (Å²) in [5.41, 5.74) is 0. The van der Waals surface area contributed by atoms with Crippen molar-refractivity contribution < 1.29 is 19.4 Å². The number of morpholine rings is 1. The molecule has 2 heterocycles. The largest absolute Gasteiger partial charge is 0.480 e. The summed E-state index contributed by atoms with van der Waals surface area (Å²) in [6.45, 7) is 4.77. The first kappa shape index (κ1) is 14.1. The van der Waals surface area contributed by atoms with Gasteiger partial charge in [-0.2, -0.15) is 0 Å². The van der Waals surface area contributed by atoms with Gasteiger partial charge in [-0.3, -0.25) is 4.79 Å². The molecule has 2 aliphatic rings. The van der Waals surface area contributed by atoms with Gasteiger partial charge in [-0.05, 0) is 26.2 Å². The summed E-state index contributed by atoms with van der Waals surface area (Å²) >= 11 is 0. The Morgan fingerprint density at radius 2 is 1.95 bits per heavy atom. The van der Waals surface area contributed by atoms with Gasteiger partial charge in [0, 0.05) is 19.1 Å². The van der Waals surface area contributed by atoms with E-state index < -0.39 is 5.97 Å². The number of nitrogens with zero attached hydrogens (tertiary/aromatic N) is 2. The first-order valence-corrected chi connectivity index (χ1v) is 6.94. The molecule has 108 valence electrons. The smallest absolute Gasteiger partial charge is 0.323 e. The molecule has 2 aliphatic heterocycles. The Morgan fingerprint density at radius 3 is 2.42 bits per heavy atom. The number of likely N-dealkylation sites (tertiary alicyclic amines) is 1. The van der Waals surface area contributed by atoms with Gasteiger partial charge in [-0.25, -0.2) is 4.79 Å². The zero-order valence-electron chi connectivity index (χ0n) is 11.5. The number of carbonyl (C=O) groups excluding carboxylic acids is 1. The van der Waals surface area contributed by atoms with Crippen molar-refractivity contribution in [1.82, 2.24) is 9.80 Å². The van der Waals surface area contributed by atoms with Crippen LogP contribution in [0, 0.1) is 0 Å². The summed E-state index contributed by atoms with van der Waals surface area (Å²) in [5.74, 6) is -0.968. The molecule has 2 amide bonds. The van der Waals surface area contributed by atoms with Gasteiger partial charge < -0.3 is 19.6 Å². The fourth-order valence-corrected chi connectivity index (χ4v) is 2.73. The predicted molar refractivity (Wildman–Crippen MR) is 69.0 cm³/mol. The SMILES string of the molecule is CCC(C)N(CC(=O)O)C(=O)N1CC2CCC(C1)O2. The molecule has 2 rings (SSSR count). The molecule has 0 aromatic heterocycles. The molecule has 19 heavy (non-hydrogen) atoms. The van der Waals surface area contributed by atoms with Gasteiger partial charge in [0.25, 0.3) is 0 Å². The third-order valence-corrected chi connectivity index (χ3v) is 3.99. The second-order valence-electron chi connectivity index (χ2n) is 5.42. The lowest BCUT2D eigenvalue weighted by Crippen LogP contribution is -2.54. The van der Waals surface area contributed by atoms with Crippen molar-refractivity contribution in [1.29, 1.82) is 0 Å². The van der Waals surface area contributed by atoms with Gasteiger partial charge in [0.05, 0.1) is 12.2 Å². The monoisotopic (exact) mass is 270 g/mol. The molecule has 6 heteroatoms. The molecule has 0 radical (unpaired) electrons. The van der Waals surface area contributed by atoms with Crippen LogP contribution in [0.2, 0.25) is 0 Å².